The molecule has 0 fully saturated rings. The van der Waals surface area contributed by atoms with E-state index in [1.54, 1.807) is 31.4 Å². The standard InChI is InChI=1S/C21H17NO4/c1-24-14-8-9-17(19(11-14)25-2)22-21(23)20-12-16-15-6-4-3-5-13(15)7-10-18(16)26-20/h3-12H,1-2H3,(H,22,23). The number of anilines is 1. The minimum Gasteiger partial charge on any atom is -0.497 e. The fraction of sp³-hybridized carbons (Fsp3) is 0.0952. The molecule has 1 heterocycles. The Kier molecular flexibility index (Phi) is 3.97. The number of nitrogens with one attached hydrogen (secondary N) is 1. The first kappa shape index (κ1) is 16.0. The van der Waals surface area contributed by atoms with Gasteiger partial charge in [0.05, 0.1) is 19.9 Å². The molecule has 1 amide bonds. The van der Waals surface area contributed by atoms with Crippen molar-refractivity contribution in [2.24, 2.45) is 0 Å². The minimum atomic E-state index is -0.339. The van der Waals surface area contributed by atoms with Crippen molar-refractivity contribution in [2.75, 3.05) is 19.5 Å². The minimum absolute atomic E-state index is 0.245. The molecule has 1 aromatic heterocycles. The molecule has 130 valence electrons. The average Bonchev–Trinajstić information content (AvgIpc) is 3.13. The van der Waals surface area contributed by atoms with Crippen molar-refractivity contribution in [1.29, 1.82) is 0 Å². The Labute approximate surface area is 150 Å². The molecule has 0 unspecified atom stereocenters. The van der Waals surface area contributed by atoms with E-state index in [9.17, 15) is 4.79 Å². The third-order valence-corrected chi connectivity index (χ3v) is 4.31. The first-order valence-corrected chi connectivity index (χ1v) is 8.14. The zero-order valence-electron chi connectivity index (χ0n) is 14.4. The molecule has 0 aliphatic rings. The molecule has 0 atom stereocenters. The van der Waals surface area contributed by atoms with E-state index in [2.05, 4.69) is 5.32 Å². The summed E-state index contributed by atoms with van der Waals surface area (Å²) in [4.78, 5) is 12.7. The Morgan fingerprint density at radius 1 is 0.923 bits per heavy atom. The van der Waals surface area contributed by atoms with Crippen LogP contribution in [0.1, 0.15) is 10.6 Å². The summed E-state index contributed by atoms with van der Waals surface area (Å²) in [5.41, 5.74) is 1.22. The predicted molar refractivity (Wildman–Crippen MR) is 101 cm³/mol. The van der Waals surface area contributed by atoms with Gasteiger partial charge in [-0.2, -0.15) is 0 Å². The molecule has 4 rings (SSSR count). The largest absolute Gasteiger partial charge is 0.497 e. The van der Waals surface area contributed by atoms with Crippen LogP contribution in [0.2, 0.25) is 0 Å². The maximum Gasteiger partial charge on any atom is 0.291 e. The van der Waals surface area contributed by atoms with Crippen molar-refractivity contribution in [3.05, 3.63) is 66.4 Å². The highest BCUT2D eigenvalue weighted by molar-refractivity contribution is 6.11. The van der Waals surface area contributed by atoms with Crippen molar-refractivity contribution < 1.29 is 18.7 Å². The van der Waals surface area contributed by atoms with E-state index in [1.807, 2.05) is 36.4 Å². The van der Waals surface area contributed by atoms with Gasteiger partial charge in [0.15, 0.2) is 5.76 Å². The van der Waals surface area contributed by atoms with Gasteiger partial charge in [-0.3, -0.25) is 4.79 Å². The quantitative estimate of drug-likeness (QED) is 0.573. The maximum absolute atomic E-state index is 12.7. The summed E-state index contributed by atoms with van der Waals surface area (Å²) in [6.07, 6.45) is 0. The van der Waals surface area contributed by atoms with Crippen LogP contribution in [-0.4, -0.2) is 20.1 Å². The summed E-state index contributed by atoms with van der Waals surface area (Å²) < 4.78 is 16.2. The topological polar surface area (TPSA) is 60.7 Å². The summed E-state index contributed by atoms with van der Waals surface area (Å²) in [5, 5.41) is 5.89. The lowest BCUT2D eigenvalue weighted by atomic mass is 10.1. The second-order valence-corrected chi connectivity index (χ2v) is 5.83. The van der Waals surface area contributed by atoms with Crippen molar-refractivity contribution in [2.45, 2.75) is 0 Å². The zero-order valence-corrected chi connectivity index (χ0v) is 14.4. The Morgan fingerprint density at radius 3 is 2.58 bits per heavy atom. The zero-order chi connectivity index (χ0) is 18.1. The Hall–Kier alpha value is -3.47. The van der Waals surface area contributed by atoms with E-state index in [0.29, 0.717) is 22.8 Å². The number of hydrogen-bond donors (Lipinski definition) is 1. The van der Waals surface area contributed by atoms with Gasteiger partial charge in [0, 0.05) is 11.5 Å². The van der Waals surface area contributed by atoms with E-state index in [1.165, 1.54) is 7.11 Å². The average molecular weight is 347 g/mol. The molecule has 0 saturated carbocycles. The summed E-state index contributed by atoms with van der Waals surface area (Å²) in [6.45, 7) is 0. The predicted octanol–water partition coefficient (Wildman–Crippen LogP) is 4.86. The Balaban J connectivity index is 1.69. The van der Waals surface area contributed by atoms with Gasteiger partial charge in [-0.25, -0.2) is 0 Å². The number of methoxy groups -OCH3 is 2. The lowest BCUT2D eigenvalue weighted by Gasteiger charge is -2.10. The molecule has 0 bridgehead atoms. The van der Waals surface area contributed by atoms with Crippen LogP contribution in [0, 0.1) is 0 Å². The molecule has 26 heavy (non-hydrogen) atoms. The molecule has 4 aromatic rings. The molecule has 5 heteroatoms. The van der Waals surface area contributed by atoms with Crippen molar-refractivity contribution >= 4 is 33.3 Å². The van der Waals surface area contributed by atoms with E-state index in [4.69, 9.17) is 13.9 Å². The number of furan rings is 1. The van der Waals surface area contributed by atoms with Crippen LogP contribution >= 0.6 is 0 Å². The van der Waals surface area contributed by atoms with Crippen LogP contribution in [0.3, 0.4) is 0 Å². The second-order valence-electron chi connectivity index (χ2n) is 5.83. The molecule has 0 radical (unpaired) electrons. The fourth-order valence-corrected chi connectivity index (χ4v) is 2.99. The first-order chi connectivity index (χ1) is 12.7. The van der Waals surface area contributed by atoms with Crippen molar-refractivity contribution in [3.8, 4) is 11.5 Å². The SMILES string of the molecule is COc1ccc(NC(=O)c2cc3c(ccc4ccccc43)o2)c(OC)c1. The lowest BCUT2D eigenvalue weighted by Crippen LogP contribution is -2.11. The van der Waals surface area contributed by atoms with E-state index >= 15 is 0 Å². The van der Waals surface area contributed by atoms with E-state index in [0.717, 1.165) is 16.2 Å². The van der Waals surface area contributed by atoms with Crippen molar-refractivity contribution in [1.82, 2.24) is 0 Å². The van der Waals surface area contributed by atoms with Gasteiger partial charge in [0.1, 0.15) is 17.1 Å². The third kappa shape index (κ3) is 2.73. The highest BCUT2D eigenvalue weighted by Crippen LogP contribution is 2.31. The van der Waals surface area contributed by atoms with Gasteiger partial charge in [0.2, 0.25) is 0 Å². The van der Waals surface area contributed by atoms with Crippen LogP contribution in [0.5, 0.6) is 11.5 Å². The van der Waals surface area contributed by atoms with Gasteiger partial charge in [-0.05, 0) is 35.0 Å². The normalized spacial score (nSPS) is 10.8. The van der Waals surface area contributed by atoms with Gasteiger partial charge < -0.3 is 19.2 Å². The van der Waals surface area contributed by atoms with Gasteiger partial charge in [-0.15, -0.1) is 0 Å². The van der Waals surface area contributed by atoms with Gasteiger partial charge >= 0.3 is 0 Å². The van der Waals surface area contributed by atoms with E-state index in [-0.39, 0.29) is 11.7 Å². The highest BCUT2D eigenvalue weighted by Gasteiger charge is 2.16. The van der Waals surface area contributed by atoms with E-state index < -0.39 is 0 Å². The number of benzene rings is 3. The molecule has 1 N–H and O–H groups in total. The van der Waals surface area contributed by atoms with Crippen LogP contribution < -0.4 is 14.8 Å². The molecule has 3 aromatic carbocycles. The second kappa shape index (κ2) is 6.44. The molecule has 5 nitrogen and oxygen atoms in total. The Morgan fingerprint density at radius 2 is 1.77 bits per heavy atom. The number of fused-ring (bicyclic) bond motifs is 3. The van der Waals surface area contributed by atoms with Gasteiger partial charge in [-0.1, -0.05) is 30.3 Å². The summed E-state index contributed by atoms with van der Waals surface area (Å²) in [7, 11) is 3.11. The maximum atomic E-state index is 12.7. The number of carbonyl (C=O) groups excluding carboxylic acids is 1. The molecular formula is C21H17NO4. The summed E-state index contributed by atoms with van der Waals surface area (Å²) >= 11 is 0. The molecule has 0 spiro atoms. The van der Waals surface area contributed by atoms with Crippen LogP contribution in [0.15, 0.2) is 65.1 Å². The highest BCUT2D eigenvalue weighted by atomic mass is 16.5. The molecular weight excluding hydrogens is 330 g/mol. The van der Waals surface area contributed by atoms with Crippen molar-refractivity contribution in [3.63, 3.8) is 0 Å². The molecule has 0 saturated heterocycles. The number of carbonyl (C=O) groups is 1. The number of hydrogen-bond acceptors (Lipinski definition) is 4. The summed E-state index contributed by atoms with van der Waals surface area (Å²) in [5.74, 6) is 1.07. The first-order valence-electron chi connectivity index (χ1n) is 8.14. The summed E-state index contributed by atoms with van der Waals surface area (Å²) in [6, 6.07) is 18.8. The van der Waals surface area contributed by atoms with Crippen LogP contribution in [0.25, 0.3) is 21.7 Å². The van der Waals surface area contributed by atoms with Gasteiger partial charge in [0.25, 0.3) is 5.91 Å². The van der Waals surface area contributed by atoms with Crippen LogP contribution in [0.4, 0.5) is 5.69 Å². The Bertz CT molecular complexity index is 1110. The molecule has 0 aliphatic carbocycles. The lowest BCUT2D eigenvalue weighted by molar-refractivity contribution is 0.0998. The number of ether oxygens (including phenoxy) is 2. The van der Waals surface area contributed by atoms with Crippen LogP contribution in [-0.2, 0) is 0 Å². The number of rotatable bonds is 4. The number of amides is 1. The third-order valence-electron chi connectivity index (χ3n) is 4.31. The fourth-order valence-electron chi connectivity index (χ4n) is 2.99. The monoisotopic (exact) mass is 347 g/mol. The smallest absolute Gasteiger partial charge is 0.291 e. The molecule has 0 aliphatic heterocycles.